The molecular weight excluding hydrogens is 496 g/mol. The lowest BCUT2D eigenvalue weighted by Crippen LogP contribution is -2.25. The van der Waals surface area contributed by atoms with Crippen molar-refractivity contribution in [3.63, 3.8) is 0 Å². The van der Waals surface area contributed by atoms with Gasteiger partial charge in [-0.15, -0.1) is 5.10 Å². The van der Waals surface area contributed by atoms with Crippen LogP contribution in [0.5, 0.6) is 0 Å². The summed E-state index contributed by atoms with van der Waals surface area (Å²) in [6.45, 7) is 6.81. The minimum atomic E-state index is -0.0962. The number of unbranched alkanes of at least 4 members (excludes halogenated alkanes) is 1. The van der Waals surface area contributed by atoms with E-state index < -0.39 is 0 Å². The van der Waals surface area contributed by atoms with Crippen LogP contribution in [0.4, 0.5) is 0 Å². The van der Waals surface area contributed by atoms with Gasteiger partial charge in [-0.3, -0.25) is 9.13 Å². The topological polar surface area (TPSA) is 81.4 Å². The molecule has 2 heterocycles. The molecule has 0 aliphatic heterocycles. The van der Waals surface area contributed by atoms with E-state index >= 15 is 0 Å². The highest BCUT2D eigenvalue weighted by Gasteiger charge is 2.19. The second-order valence-electron chi connectivity index (χ2n) is 9.79. The normalized spacial score (nSPS) is 11.4. The van der Waals surface area contributed by atoms with Crippen molar-refractivity contribution in [3.05, 3.63) is 105 Å². The lowest BCUT2D eigenvalue weighted by molar-refractivity contribution is 0.673. The van der Waals surface area contributed by atoms with Crippen molar-refractivity contribution in [3.8, 4) is 28.2 Å². The fourth-order valence-corrected chi connectivity index (χ4v) is 5.15. The lowest BCUT2D eigenvalue weighted by Gasteiger charge is -2.14. The summed E-state index contributed by atoms with van der Waals surface area (Å²) >= 11 is 6.67. The summed E-state index contributed by atoms with van der Waals surface area (Å²) in [6, 6.07) is 22.2. The van der Waals surface area contributed by atoms with Gasteiger partial charge in [-0.2, -0.15) is 0 Å². The molecule has 0 spiro atoms. The molecule has 0 saturated heterocycles. The van der Waals surface area contributed by atoms with Crippen molar-refractivity contribution >= 4 is 11.6 Å². The standard InChI is InChI=1S/C30H31ClN6O/c1-4-5-12-23-19-37(28-24(20(2)3)13-9-14-27(28)31)30(38)36(23)18-21-15-16-25(22-10-7-6-8-11-22)26(17-21)29-32-34-35-33-29/h6-11,13-17,19-20H,4-5,12,18H2,1-3H3,(H,32,33,34,35). The number of hydrogen-bond acceptors (Lipinski definition) is 4. The summed E-state index contributed by atoms with van der Waals surface area (Å²) in [5.41, 5.74) is 6.65. The molecule has 0 saturated carbocycles. The van der Waals surface area contributed by atoms with Crippen LogP contribution in [0.2, 0.25) is 5.02 Å². The van der Waals surface area contributed by atoms with Gasteiger partial charge in [-0.25, -0.2) is 9.89 Å². The fraction of sp³-hybridized carbons (Fsp3) is 0.267. The predicted octanol–water partition coefficient (Wildman–Crippen LogP) is 6.65. The molecule has 8 heteroatoms. The summed E-state index contributed by atoms with van der Waals surface area (Å²) in [5, 5.41) is 15.2. The smallest absolute Gasteiger partial charge is 0.292 e. The molecule has 7 nitrogen and oxygen atoms in total. The van der Waals surface area contributed by atoms with Crippen LogP contribution in [0.25, 0.3) is 28.2 Å². The third kappa shape index (κ3) is 5.07. The molecule has 5 rings (SSSR count). The second kappa shape index (κ2) is 11.2. The van der Waals surface area contributed by atoms with Gasteiger partial charge >= 0.3 is 5.69 Å². The second-order valence-corrected chi connectivity index (χ2v) is 10.2. The highest BCUT2D eigenvalue weighted by molar-refractivity contribution is 6.32. The molecule has 0 aliphatic rings. The summed E-state index contributed by atoms with van der Waals surface area (Å²) < 4.78 is 3.59. The number of para-hydroxylation sites is 1. The molecule has 2 aromatic heterocycles. The van der Waals surface area contributed by atoms with Crippen LogP contribution in [-0.4, -0.2) is 29.8 Å². The fourth-order valence-electron chi connectivity index (χ4n) is 4.88. The van der Waals surface area contributed by atoms with Gasteiger partial charge in [0.15, 0.2) is 5.82 Å². The van der Waals surface area contributed by atoms with Crippen molar-refractivity contribution in [2.24, 2.45) is 0 Å². The van der Waals surface area contributed by atoms with E-state index in [1.54, 1.807) is 4.57 Å². The first-order chi connectivity index (χ1) is 18.5. The first-order valence-electron chi connectivity index (χ1n) is 13.0. The number of H-pyrrole nitrogens is 1. The van der Waals surface area contributed by atoms with E-state index in [2.05, 4.69) is 71.7 Å². The number of tetrazole rings is 1. The lowest BCUT2D eigenvalue weighted by atomic mass is 9.97. The van der Waals surface area contributed by atoms with Crippen LogP contribution in [0, 0.1) is 0 Å². The molecule has 0 fully saturated rings. The zero-order valence-corrected chi connectivity index (χ0v) is 22.6. The summed E-state index contributed by atoms with van der Waals surface area (Å²) in [5.74, 6) is 0.807. The number of aryl methyl sites for hydroxylation is 1. The molecule has 3 aromatic carbocycles. The van der Waals surface area contributed by atoms with Crippen molar-refractivity contribution in [2.45, 2.75) is 52.5 Å². The van der Waals surface area contributed by atoms with E-state index in [-0.39, 0.29) is 11.6 Å². The monoisotopic (exact) mass is 526 g/mol. The van der Waals surface area contributed by atoms with Gasteiger partial charge in [0, 0.05) is 17.5 Å². The van der Waals surface area contributed by atoms with Crippen molar-refractivity contribution in [2.75, 3.05) is 0 Å². The summed E-state index contributed by atoms with van der Waals surface area (Å²) in [7, 11) is 0. The molecule has 1 N–H and O–H groups in total. The largest absolute Gasteiger partial charge is 0.333 e. The highest BCUT2D eigenvalue weighted by atomic mass is 35.5. The number of halogens is 1. The van der Waals surface area contributed by atoms with Crippen molar-refractivity contribution < 1.29 is 0 Å². The first-order valence-corrected chi connectivity index (χ1v) is 13.4. The van der Waals surface area contributed by atoms with E-state index in [9.17, 15) is 4.79 Å². The Kier molecular flexibility index (Phi) is 7.56. The van der Waals surface area contributed by atoms with E-state index in [1.807, 2.05) is 47.2 Å². The Hall–Kier alpha value is -3.97. The Morgan fingerprint density at radius 3 is 2.53 bits per heavy atom. The third-order valence-electron chi connectivity index (χ3n) is 6.84. The Bertz CT molecular complexity index is 1590. The molecule has 0 amide bonds. The van der Waals surface area contributed by atoms with Crippen molar-refractivity contribution in [1.82, 2.24) is 29.8 Å². The van der Waals surface area contributed by atoms with Gasteiger partial charge in [0.1, 0.15) is 0 Å². The minimum absolute atomic E-state index is 0.0962. The van der Waals surface area contributed by atoms with Crippen molar-refractivity contribution in [1.29, 1.82) is 0 Å². The van der Waals surface area contributed by atoms with Crippen LogP contribution >= 0.6 is 11.6 Å². The zero-order chi connectivity index (χ0) is 26.6. The Balaban J connectivity index is 1.62. The number of aromatic nitrogens is 6. The Morgan fingerprint density at radius 2 is 1.82 bits per heavy atom. The Labute approximate surface area is 227 Å². The van der Waals surface area contributed by atoms with Gasteiger partial charge in [-0.1, -0.05) is 93.4 Å². The quantitative estimate of drug-likeness (QED) is 0.233. The molecule has 5 aromatic rings. The number of imidazole rings is 1. The number of rotatable bonds is 9. The van der Waals surface area contributed by atoms with Gasteiger partial charge in [0.2, 0.25) is 0 Å². The van der Waals surface area contributed by atoms with Crippen LogP contribution in [0.1, 0.15) is 56.4 Å². The van der Waals surface area contributed by atoms with E-state index in [1.165, 1.54) is 0 Å². The molecular formula is C30H31ClN6O. The predicted molar refractivity (Wildman–Crippen MR) is 152 cm³/mol. The molecule has 38 heavy (non-hydrogen) atoms. The molecule has 0 unspecified atom stereocenters. The maximum atomic E-state index is 13.9. The molecule has 0 bridgehead atoms. The third-order valence-corrected chi connectivity index (χ3v) is 7.14. The summed E-state index contributed by atoms with van der Waals surface area (Å²) in [6.07, 6.45) is 4.80. The highest BCUT2D eigenvalue weighted by Crippen LogP contribution is 2.32. The van der Waals surface area contributed by atoms with Gasteiger partial charge < -0.3 is 0 Å². The molecule has 194 valence electrons. The maximum absolute atomic E-state index is 13.9. The first kappa shape index (κ1) is 25.7. The zero-order valence-electron chi connectivity index (χ0n) is 21.9. The van der Waals surface area contributed by atoms with Gasteiger partial charge in [-0.05, 0) is 63.6 Å². The Morgan fingerprint density at radius 1 is 1.00 bits per heavy atom. The van der Waals surface area contributed by atoms with E-state index in [0.717, 1.165) is 58.5 Å². The minimum Gasteiger partial charge on any atom is -0.292 e. The van der Waals surface area contributed by atoms with Gasteiger partial charge in [0.05, 0.1) is 17.3 Å². The number of aromatic amines is 1. The average molecular weight is 527 g/mol. The van der Waals surface area contributed by atoms with Gasteiger partial charge in [0.25, 0.3) is 0 Å². The summed E-state index contributed by atoms with van der Waals surface area (Å²) in [4.78, 5) is 13.9. The SMILES string of the molecule is CCCCc1cn(-c2c(Cl)cccc2C(C)C)c(=O)n1Cc1ccc(-c2ccccc2)c(-c2nnn[nH]2)c1. The number of nitrogens with zero attached hydrogens (tertiary/aromatic N) is 5. The van der Waals surface area contributed by atoms with Crippen LogP contribution in [0.3, 0.4) is 0 Å². The maximum Gasteiger partial charge on any atom is 0.333 e. The molecule has 0 atom stereocenters. The van der Waals surface area contributed by atoms with Crippen LogP contribution < -0.4 is 5.69 Å². The number of hydrogen-bond donors (Lipinski definition) is 1. The van der Waals surface area contributed by atoms with Crippen LogP contribution in [-0.2, 0) is 13.0 Å². The van der Waals surface area contributed by atoms with Crippen LogP contribution in [0.15, 0.2) is 77.7 Å². The van der Waals surface area contributed by atoms with E-state index in [0.29, 0.717) is 17.4 Å². The molecule has 0 radical (unpaired) electrons. The average Bonchev–Trinajstić information content (AvgIpc) is 3.57. The van der Waals surface area contributed by atoms with E-state index in [4.69, 9.17) is 11.6 Å². The molecule has 0 aliphatic carbocycles. The number of benzene rings is 3. The number of nitrogens with one attached hydrogen (secondary N) is 1.